The molecule has 2 aromatic rings. The second kappa shape index (κ2) is 13.1. The molecule has 0 aliphatic carbocycles. The predicted octanol–water partition coefficient (Wildman–Crippen LogP) is 6.72. The van der Waals surface area contributed by atoms with E-state index in [2.05, 4.69) is 18.8 Å². The summed E-state index contributed by atoms with van der Waals surface area (Å²) in [5, 5.41) is 0.418. The molecule has 0 amide bonds. The molecule has 0 bridgehead atoms. The third kappa shape index (κ3) is 7.52. The molecule has 0 fully saturated rings. The first-order chi connectivity index (χ1) is 15.4. The van der Waals surface area contributed by atoms with E-state index in [0.717, 1.165) is 30.4 Å². The molecule has 174 valence electrons. The van der Waals surface area contributed by atoms with E-state index in [4.69, 9.17) is 32.8 Å². The molecule has 7 heteroatoms. The first kappa shape index (κ1) is 25.7. The standard InChI is InChI=1S/C25H34ClFN4O/c1-4-6-7-9-21(8-5-2)30-16-19(14-28)18-12-24(25(29)31-15-18)32-17(3)22-13-20(27)10-11-23(22)26/h10-17,21H,4-9,28H2,1-3H3,(H2,29,31). The van der Waals surface area contributed by atoms with E-state index in [0.29, 0.717) is 16.3 Å². The largest absolute Gasteiger partial charge is 0.482 e. The lowest BCUT2D eigenvalue weighted by molar-refractivity contribution is 0.227. The molecule has 2 unspecified atom stereocenters. The van der Waals surface area contributed by atoms with E-state index >= 15 is 0 Å². The number of benzene rings is 1. The van der Waals surface area contributed by atoms with Crippen molar-refractivity contribution in [1.82, 2.24) is 4.98 Å². The Hall–Kier alpha value is -2.60. The second-order valence-electron chi connectivity index (χ2n) is 7.87. The zero-order valence-electron chi connectivity index (χ0n) is 19.2. The van der Waals surface area contributed by atoms with Crippen molar-refractivity contribution in [2.45, 2.75) is 71.4 Å². The number of nitrogens with zero attached hydrogens (tertiary/aromatic N) is 2. The van der Waals surface area contributed by atoms with Crippen molar-refractivity contribution >= 4 is 29.2 Å². The van der Waals surface area contributed by atoms with E-state index in [1.54, 1.807) is 25.4 Å². The molecule has 0 radical (unpaired) electrons. The molecular weight excluding hydrogens is 427 g/mol. The smallest absolute Gasteiger partial charge is 0.166 e. The minimum Gasteiger partial charge on any atom is -0.482 e. The van der Waals surface area contributed by atoms with Gasteiger partial charge in [0.2, 0.25) is 0 Å². The molecule has 1 heterocycles. The number of hydrogen-bond donors (Lipinski definition) is 2. The lowest BCUT2D eigenvalue weighted by Gasteiger charge is -2.18. The fourth-order valence-electron chi connectivity index (χ4n) is 3.44. The van der Waals surface area contributed by atoms with Crippen LogP contribution in [-0.2, 0) is 0 Å². The summed E-state index contributed by atoms with van der Waals surface area (Å²) in [4.78, 5) is 9.03. The van der Waals surface area contributed by atoms with Crippen LogP contribution in [0.25, 0.3) is 5.57 Å². The van der Waals surface area contributed by atoms with E-state index < -0.39 is 6.10 Å². The molecule has 0 saturated carbocycles. The summed E-state index contributed by atoms with van der Waals surface area (Å²) in [5.74, 6) is 0.214. The SMILES string of the molecule is CCCCCC(CCC)N=CC(=CN)c1cnc(N)c(OC(C)c2cc(F)ccc2Cl)c1. The monoisotopic (exact) mass is 460 g/mol. The van der Waals surface area contributed by atoms with Crippen LogP contribution in [0, 0.1) is 5.82 Å². The van der Waals surface area contributed by atoms with Crippen molar-refractivity contribution in [3.63, 3.8) is 0 Å². The lowest BCUT2D eigenvalue weighted by atomic mass is 10.0. The molecular formula is C25H34ClFN4O. The van der Waals surface area contributed by atoms with Gasteiger partial charge in [0.05, 0.1) is 0 Å². The molecule has 0 spiro atoms. The number of nitrogens with two attached hydrogens (primary N) is 2. The van der Waals surface area contributed by atoms with Crippen LogP contribution in [0.2, 0.25) is 5.02 Å². The average molecular weight is 461 g/mol. The highest BCUT2D eigenvalue weighted by Gasteiger charge is 2.16. The molecule has 2 atom stereocenters. The minimum atomic E-state index is -0.524. The highest BCUT2D eigenvalue weighted by molar-refractivity contribution is 6.31. The predicted molar refractivity (Wildman–Crippen MR) is 133 cm³/mol. The average Bonchev–Trinajstić information content (AvgIpc) is 2.77. The Kier molecular flexibility index (Phi) is 10.5. The van der Waals surface area contributed by atoms with E-state index in [9.17, 15) is 4.39 Å². The zero-order chi connectivity index (χ0) is 23.5. The molecule has 1 aromatic carbocycles. The fraction of sp³-hybridized carbons (Fsp3) is 0.440. The second-order valence-corrected chi connectivity index (χ2v) is 8.28. The summed E-state index contributed by atoms with van der Waals surface area (Å²) in [6.07, 6.45) is 11.2. The first-order valence-corrected chi connectivity index (χ1v) is 11.6. The van der Waals surface area contributed by atoms with Crippen molar-refractivity contribution in [2.24, 2.45) is 10.7 Å². The number of allylic oxidation sites excluding steroid dienone is 1. The molecule has 32 heavy (non-hydrogen) atoms. The Morgan fingerprint density at radius 1 is 1.22 bits per heavy atom. The highest BCUT2D eigenvalue weighted by atomic mass is 35.5. The van der Waals surface area contributed by atoms with Gasteiger partial charge in [0.15, 0.2) is 11.6 Å². The number of unbranched alkanes of at least 4 members (excludes halogenated alkanes) is 2. The summed E-state index contributed by atoms with van der Waals surface area (Å²) in [5.41, 5.74) is 13.9. The van der Waals surface area contributed by atoms with Crippen molar-refractivity contribution in [3.8, 4) is 5.75 Å². The molecule has 4 N–H and O–H groups in total. The van der Waals surface area contributed by atoms with Gasteiger partial charge in [0.1, 0.15) is 11.9 Å². The van der Waals surface area contributed by atoms with Crippen LogP contribution >= 0.6 is 11.6 Å². The lowest BCUT2D eigenvalue weighted by Crippen LogP contribution is -2.08. The number of aliphatic imine (C=N–C) groups is 1. The Morgan fingerprint density at radius 3 is 2.69 bits per heavy atom. The van der Waals surface area contributed by atoms with Crippen LogP contribution in [-0.4, -0.2) is 17.2 Å². The van der Waals surface area contributed by atoms with Crippen LogP contribution in [0.1, 0.15) is 76.5 Å². The number of halogens is 2. The summed E-state index contributed by atoms with van der Waals surface area (Å²) in [7, 11) is 0. The Labute approximate surface area is 195 Å². The zero-order valence-corrected chi connectivity index (χ0v) is 19.9. The van der Waals surface area contributed by atoms with Gasteiger partial charge in [-0.2, -0.15) is 0 Å². The van der Waals surface area contributed by atoms with Gasteiger partial charge in [-0.25, -0.2) is 9.37 Å². The Morgan fingerprint density at radius 2 is 2.00 bits per heavy atom. The number of rotatable bonds is 12. The summed E-state index contributed by atoms with van der Waals surface area (Å²) < 4.78 is 19.6. The Bertz CT molecular complexity index is 932. The third-order valence-corrected chi connectivity index (χ3v) is 5.63. The van der Waals surface area contributed by atoms with E-state index in [1.807, 2.05) is 0 Å². The van der Waals surface area contributed by atoms with Crippen LogP contribution in [0.4, 0.5) is 10.2 Å². The van der Waals surface area contributed by atoms with Crippen LogP contribution in [0.3, 0.4) is 0 Å². The van der Waals surface area contributed by atoms with Gasteiger partial charge in [0, 0.05) is 46.4 Å². The molecule has 0 aliphatic heterocycles. The van der Waals surface area contributed by atoms with Crippen LogP contribution < -0.4 is 16.2 Å². The number of ether oxygens (including phenoxy) is 1. The quantitative estimate of drug-likeness (QED) is 0.272. The maximum absolute atomic E-state index is 13.7. The van der Waals surface area contributed by atoms with Crippen molar-refractivity contribution in [3.05, 3.63) is 58.6 Å². The van der Waals surface area contributed by atoms with E-state index in [1.165, 1.54) is 43.7 Å². The van der Waals surface area contributed by atoms with Gasteiger partial charge in [-0.15, -0.1) is 0 Å². The van der Waals surface area contributed by atoms with Gasteiger partial charge in [0.25, 0.3) is 0 Å². The molecule has 2 rings (SSSR count). The number of aromatic nitrogens is 1. The van der Waals surface area contributed by atoms with E-state index in [-0.39, 0.29) is 17.7 Å². The molecule has 0 aliphatic rings. The summed E-state index contributed by atoms with van der Waals surface area (Å²) in [6.45, 7) is 6.14. The number of hydrogen-bond acceptors (Lipinski definition) is 5. The maximum Gasteiger partial charge on any atom is 0.166 e. The summed E-state index contributed by atoms with van der Waals surface area (Å²) in [6, 6.07) is 6.20. The van der Waals surface area contributed by atoms with Crippen molar-refractivity contribution in [1.29, 1.82) is 0 Å². The number of nitrogen functional groups attached to an aromatic ring is 1. The molecule has 1 aromatic heterocycles. The third-order valence-electron chi connectivity index (χ3n) is 5.28. The Balaban J connectivity index is 2.20. The maximum atomic E-state index is 13.7. The molecule has 5 nitrogen and oxygen atoms in total. The van der Waals surface area contributed by atoms with Crippen molar-refractivity contribution < 1.29 is 9.13 Å². The highest BCUT2D eigenvalue weighted by Crippen LogP contribution is 2.31. The van der Waals surface area contributed by atoms with Gasteiger partial charge in [-0.1, -0.05) is 51.1 Å². The topological polar surface area (TPSA) is 86.5 Å². The number of pyridine rings is 1. The summed E-state index contributed by atoms with van der Waals surface area (Å²) >= 11 is 6.21. The number of anilines is 1. The van der Waals surface area contributed by atoms with Crippen molar-refractivity contribution in [2.75, 3.05) is 5.73 Å². The molecule has 0 saturated heterocycles. The van der Waals surface area contributed by atoms with Crippen LogP contribution in [0.5, 0.6) is 5.75 Å². The first-order valence-electron chi connectivity index (χ1n) is 11.2. The minimum absolute atomic E-state index is 0.227. The normalized spacial score (nSPS) is 14.0. The van der Waals surface area contributed by atoms with Gasteiger partial charge < -0.3 is 16.2 Å². The van der Waals surface area contributed by atoms with Gasteiger partial charge >= 0.3 is 0 Å². The fourth-order valence-corrected chi connectivity index (χ4v) is 3.71. The van der Waals surface area contributed by atoms with Crippen LogP contribution in [0.15, 0.2) is 41.7 Å². The van der Waals surface area contributed by atoms with Gasteiger partial charge in [-0.3, -0.25) is 4.99 Å². The van der Waals surface area contributed by atoms with Gasteiger partial charge in [-0.05, 0) is 44.0 Å².